The van der Waals surface area contributed by atoms with Gasteiger partial charge < -0.3 is 4.57 Å². The van der Waals surface area contributed by atoms with Crippen molar-refractivity contribution in [3.8, 4) is 0 Å². The van der Waals surface area contributed by atoms with Crippen LogP contribution in [0.4, 0.5) is 0 Å². The monoisotopic (exact) mass is 361 g/mol. The maximum atomic E-state index is 5.99. The Hall–Kier alpha value is -2.65. The molecule has 1 aromatic carbocycles. The number of hydrogen-bond donors (Lipinski definition) is 0. The minimum Gasteiger partial charge on any atom is -0.344 e. The number of nitrogens with zero attached hydrogens (tertiary/aromatic N) is 3. The van der Waals surface area contributed by atoms with E-state index in [2.05, 4.69) is 52.2 Å². The molecule has 0 radical (unpaired) electrons. The van der Waals surface area contributed by atoms with Crippen molar-refractivity contribution in [3.05, 3.63) is 94.5 Å². The summed E-state index contributed by atoms with van der Waals surface area (Å²) < 4.78 is 2.26. The highest BCUT2D eigenvalue weighted by atomic mass is 35.5. The molecule has 0 N–H and O–H groups in total. The van der Waals surface area contributed by atoms with Crippen LogP contribution in [0.15, 0.2) is 77.7 Å². The Labute approximate surface area is 158 Å². The summed E-state index contributed by atoms with van der Waals surface area (Å²) in [6, 6.07) is 16.3. The molecule has 4 heteroatoms. The smallest absolute Gasteiger partial charge is 0.0694 e. The molecule has 0 unspecified atom stereocenters. The van der Waals surface area contributed by atoms with Crippen molar-refractivity contribution < 1.29 is 0 Å². The van der Waals surface area contributed by atoms with E-state index in [1.165, 1.54) is 16.8 Å². The number of hydrogen-bond acceptors (Lipinski definition) is 2. The van der Waals surface area contributed by atoms with Gasteiger partial charge in [-0.25, -0.2) is 0 Å². The highest BCUT2D eigenvalue weighted by Crippen LogP contribution is 2.22. The van der Waals surface area contributed by atoms with Gasteiger partial charge in [-0.2, -0.15) is 0 Å². The Balaban J connectivity index is 1.63. The maximum Gasteiger partial charge on any atom is 0.0694 e. The normalized spacial score (nSPS) is 15.9. The highest BCUT2D eigenvalue weighted by Gasteiger charge is 2.15. The third-order valence-corrected chi connectivity index (χ3v) is 4.82. The van der Waals surface area contributed by atoms with Crippen molar-refractivity contribution in [2.24, 2.45) is 4.99 Å². The molecule has 0 bridgehead atoms. The Kier molecular flexibility index (Phi) is 4.98. The zero-order valence-corrected chi connectivity index (χ0v) is 15.2. The van der Waals surface area contributed by atoms with Crippen molar-refractivity contribution in [2.45, 2.75) is 19.4 Å². The van der Waals surface area contributed by atoms with Crippen LogP contribution in [0.2, 0.25) is 5.02 Å². The predicted octanol–water partition coefficient (Wildman–Crippen LogP) is 5.25. The first-order valence-electron chi connectivity index (χ1n) is 8.85. The molecule has 3 nitrogen and oxygen atoms in total. The lowest BCUT2D eigenvalue weighted by molar-refractivity contribution is 0.792. The lowest BCUT2D eigenvalue weighted by atomic mass is 9.96. The van der Waals surface area contributed by atoms with E-state index >= 15 is 0 Å². The third kappa shape index (κ3) is 3.78. The van der Waals surface area contributed by atoms with E-state index in [1.807, 2.05) is 24.4 Å². The van der Waals surface area contributed by atoms with Crippen LogP contribution in [0.3, 0.4) is 0 Å². The minimum atomic E-state index is 0.767. The van der Waals surface area contributed by atoms with Gasteiger partial charge in [0.15, 0.2) is 0 Å². The van der Waals surface area contributed by atoms with Crippen LogP contribution in [0, 0.1) is 0 Å². The zero-order chi connectivity index (χ0) is 17.8. The van der Waals surface area contributed by atoms with Gasteiger partial charge in [-0.1, -0.05) is 23.7 Å². The second-order valence-corrected chi connectivity index (χ2v) is 6.87. The van der Waals surface area contributed by atoms with Crippen molar-refractivity contribution >= 4 is 23.4 Å². The number of allylic oxidation sites excluding steroid dienone is 1. The van der Waals surface area contributed by atoms with Crippen molar-refractivity contribution in [1.29, 1.82) is 0 Å². The van der Waals surface area contributed by atoms with Gasteiger partial charge in [0, 0.05) is 48.0 Å². The Morgan fingerprint density at radius 1 is 1.08 bits per heavy atom. The van der Waals surface area contributed by atoms with Gasteiger partial charge in [0.1, 0.15) is 0 Å². The molecule has 130 valence electrons. The van der Waals surface area contributed by atoms with Gasteiger partial charge in [0.2, 0.25) is 0 Å². The molecule has 4 rings (SSSR count). The average Bonchev–Trinajstić information content (AvgIpc) is 3.11. The molecule has 0 fully saturated rings. The van der Waals surface area contributed by atoms with Crippen molar-refractivity contribution in [1.82, 2.24) is 9.55 Å². The first kappa shape index (κ1) is 16.8. The van der Waals surface area contributed by atoms with E-state index in [1.54, 1.807) is 6.20 Å². The van der Waals surface area contributed by atoms with Crippen LogP contribution >= 0.6 is 11.6 Å². The minimum absolute atomic E-state index is 0.767. The number of benzene rings is 1. The summed E-state index contributed by atoms with van der Waals surface area (Å²) in [4.78, 5) is 9.02. The van der Waals surface area contributed by atoms with Crippen molar-refractivity contribution in [2.75, 3.05) is 6.54 Å². The van der Waals surface area contributed by atoms with E-state index in [9.17, 15) is 0 Å². The quantitative estimate of drug-likeness (QED) is 0.624. The van der Waals surface area contributed by atoms with Gasteiger partial charge in [-0.3, -0.25) is 9.98 Å². The predicted molar refractivity (Wildman–Crippen MR) is 108 cm³/mol. The first-order chi connectivity index (χ1) is 12.8. The van der Waals surface area contributed by atoms with Gasteiger partial charge >= 0.3 is 0 Å². The second kappa shape index (κ2) is 7.71. The Morgan fingerprint density at radius 2 is 1.96 bits per heavy atom. The average molecular weight is 362 g/mol. The number of halogens is 1. The number of rotatable bonds is 4. The molecule has 1 aliphatic rings. The van der Waals surface area contributed by atoms with Gasteiger partial charge in [-0.15, -0.1) is 0 Å². The molecule has 3 aromatic rings. The zero-order valence-electron chi connectivity index (χ0n) is 14.5. The lowest BCUT2D eigenvalue weighted by Crippen LogP contribution is -2.12. The highest BCUT2D eigenvalue weighted by molar-refractivity contribution is 6.30. The fraction of sp³-hybridized carbons (Fsp3) is 0.182. The first-order valence-corrected chi connectivity index (χ1v) is 9.23. The summed E-state index contributed by atoms with van der Waals surface area (Å²) in [5.74, 6) is 0. The fourth-order valence-electron chi connectivity index (χ4n) is 3.27. The van der Waals surface area contributed by atoms with Gasteiger partial charge in [-0.05, 0) is 66.5 Å². The Bertz CT molecular complexity index is 937. The lowest BCUT2D eigenvalue weighted by Gasteiger charge is -2.17. The molecule has 0 spiro atoms. The molecular formula is C22H20ClN3. The molecule has 0 saturated carbocycles. The summed E-state index contributed by atoms with van der Waals surface area (Å²) in [5.41, 5.74) is 5.86. The van der Waals surface area contributed by atoms with E-state index in [-0.39, 0.29) is 0 Å². The standard InChI is InChI=1S/C22H20ClN3/c23-20-9-7-17(8-10-20)16-26-13-3-6-21(26)14-18-4-2-12-25-22(18)19-5-1-11-24-15-19/h1,3,5-11,13-15H,2,4,12,16H2. The molecule has 1 aliphatic heterocycles. The fourth-order valence-corrected chi connectivity index (χ4v) is 3.39. The number of pyridine rings is 1. The van der Waals surface area contributed by atoms with Crippen LogP contribution in [-0.4, -0.2) is 21.8 Å². The third-order valence-electron chi connectivity index (χ3n) is 4.57. The topological polar surface area (TPSA) is 30.2 Å². The molecule has 2 aromatic heterocycles. The number of aliphatic imine (C=N–C) groups is 1. The molecule has 0 atom stereocenters. The van der Waals surface area contributed by atoms with E-state index in [0.29, 0.717) is 0 Å². The van der Waals surface area contributed by atoms with E-state index in [0.717, 1.165) is 42.2 Å². The van der Waals surface area contributed by atoms with Gasteiger partial charge in [0.05, 0.1) is 5.71 Å². The largest absolute Gasteiger partial charge is 0.344 e. The van der Waals surface area contributed by atoms with E-state index < -0.39 is 0 Å². The molecule has 0 aliphatic carbocycles. The van der Waals surface area contributed by atoms with Gasteiger partial charge in [0.25, 0.3) is 0 Å². The SMILES string of the molecule is Clc1ccc(Cn2cccc2C=C2CCCN=C2c2cccnc2)cc1. The maximum absolute atomic E-state index is 5.99. The van der Waals surface area contributed by atoms with Crippen molar-refractivity contribution in [3.63, 3.8) is 0 Å². The molecular weight excluding hydrogens is 342 g/mol. The van der Waals surface area contributed by atoms with Crippen LogP contribution in [0.5, 0.6) is 0 Å². The summed E-state index contributed by atoms with van der Waals surface area (Å²) in [5, 5.41) is 0.767. The molecule has 0 saturated heterocycles. The molecule has 3 heterocycles. The summed E-state index contributed by atoms with van der Waals surface area (Å²) in [7, 11) is 0. The molecule has 26 heavy (non-hydrogen) atoms. The summed E-state index contributed by atoms with van der Waals surface area (Å²) >= 11 is 5.99. The van der Waals surface area contributed by atoms with Crippen LogP contribution in [0.1, 0.15) is 29.7 Å². The Morgan fingerprint density at radius 3 is 2.77 bits per heavy atom. The van der Waals surface area contributed by atoms with E-state index in [4.69, 9.17) is 16.6 Å². The van der Waals surface area contributed by atoms with Crippen LogP contribution in [-0.2, 0) is 6.54 Å². The second-order valence-electron chi connectivity index (χ2n) is 6.43. The summed E-state index contributed by atoms with van der Waals surface area (Å²) in [6.45, 7) is 1.70. The number of aromatic nitrogens is 2. The molecule has 0 amide bonds. The summed E-state index contributed by atoms with van der Waals surface area (Å²) in [6.07, 6.45) is 10.2. The van der Waals surface area contributed by atoms with Crippen LogP contribution < -0.4 is 0 Å². The van der Waals surface area contributed by atoms with Crippen LogP contribution in [0.25, 0.3) is 6.08 Å².